The second kappa shape index (κ2) is 2.69. The second-order valence-corrected chi connectivity index (χ2v) is 2.08. The summed E-state index contributed by atoms with van der Waals surface area (Å²) in [4.78, 5) is 0. The lowest BCUT2D eigenvalue weighted by Gasteiger charge is -2.11. The molecule has 1 rings (SSSR count). The zero-order chi connectivity index (χ0) is 6.69. The molecule has 0 fully saturated rings. The maximum absolute atomic E-state index is 5.50. The summed E-state index contributed by atoms with van der Waals surface area (Å²) in [6.07, 6.45) is 6.96. The first-order valence-electron chi connectivity index (χ1n) is 2.99. The van der Waals surface area contributed by atoms with E-state index in [0.717, 1.165) is 12.1 Å². The molecule has 1 aliphatic rings. The van der Waals surface area contributed by atoms with Crippen molar-refractivity contribution in [1.29, 1.82) is 0 Å². The number of nitrogens with two attached hydrogens (primary N) is 1. The third-order valence-corrected chi connectivity index (χ3v) is 1.36. The largest absolute Gasteiger partial charge is 0.399 e. The van der Waals surface area contributed by atoms with Gasteiger partial charge in [0.1, 0.15) is 0 Å². The first kappa shape index (κ1) is 6.36. The Morgan fingerprint density at radius 1 is 1.78 bits per heavy atom. The minimum atomic E-state index is 0.190. The number of hydrogen-bond acceptors (Lipinski definition) is 2. The summed E-state index contributed by atoms with van der Waals surface area (Å²) < 4.78 is 5.05. The fourth-order valence-electron chi connectivity index (χ4n) is 0.841. The summed E-state index contributed by atoms with van der Waals surface area (Å²) in [5, 5.41) is 0. The van der Waals surface area contributed by atoms with Gasteiger partial charge in [-0.2, -0.15) is 0 Å². The first-order chi connectivity index (χ1) is 4.33. The van der Waals surface area contributed by atoms with Crippen LogP contribution in [-0.4, -0.2) is 13.2 Å². The molecular weight excluding hydrogens is 114 g/mol. The van der Waals surface area contributed by atoms with Crippen LogP contribution in [0.2, 0.25) is 0 Å². The van der Waals surface area contributed by atoms with E-state index in [9.17, 15) is 0 Å². The van der Waals surface area contributed by atoms with Crippen LogP contribution < -0.4 is 5.73 Å². The van der Waals surface area contributed by atoms with Crippen LogP contribution in [0.1, 0.15) is 6.42 Å². The molecule has 0 radical (unpaired) electrons. The highest BCUT2D eigenvalue weighted by Crippen LogP contribution is 2.08. The molecule has 0 aromatic rings. The standard InChI is InChI=1S/C7H11NO/c1-9-7-4-2-3-6(8)5-7/h2-3,5,7H,4,8H2,1H3. The predicted octanol–water partition coefficient (Wildman–Crippen LogP) is 0.804. The lowest BCUT2D eigenvalue weighted by Crippen LogP contribution is -2.11. The van der Waals surface area contributed by atoms with Gasteiger partial charge in [0.25, 0.3) is 0 Å². The van der Waals surface area contributed by atoms with Crippen LogP contribution in [0.5, 0.6) is 0 Å². The molecule has 0 aromatic carbocycles. The van der Waals surface area contributed by atoms with Crippen molar-refractivity contribution in [1.82, 2.24) is 0 Å². The van der Waals surface area contributed by atoms with Crippen molar-refractivity contribution < 1.29 is 4.74 Å². The molecule has 2 nitrogen and oxygen atoms in total. The van der Waals surface area contributed by atoms with Crippen LogP contribution in [0.25, 0.3) is 0 Å². The Kier molecular flexibility index (Phi) is 1.90. The third kappa shape index (κ3) is 1.57. The molecule has 0 amide bonds. The first-order valence-corrected chi connectivity index (χ1v) is 2.99. The molecule has 0 aromatic heterocycles. The Morgan fingerprint density at radius 3 is 3.00 bits per heavy atom. The highest BCUT2D eigenvalue weighted by Gasteiger charge is 2.04. The topological polar surface area (TPSA) is 35.2 Å². The third-order valence-electron chi connectivity index (χ3n) is 1.36. The summed E-state index contributed by atoms with van der Waals surface area (Å²) in [5.41, 5.74) is 6.29. The minimum absolute atomic E-state index is 0.190. The van der Waals surface area contributed by atoms with E-state index in [1.54, 1.807) is 7.11 Å². The van der Waals surface area contributed by atoms with Crippen molar-refractivity contribution in [3.8, 4) is 0 Å². The quantitative estimate of drug-likeness (QED) is 0.562. The van der Waals surface area contributed by atoms with Gasteiger partial charge in [-0.3, -0.25) is 0 Å². The summed E-state index contributed by atoms with van der Waals surface area (Å²) in [6, 6.07) is 0. The van der Waals surface area contributed by atoms with Crippen molar-refractivity contribution in [3.63, 3.8) is 0 Å². The van der Waals surface area contributed by atoms with E-state index in [2.05, 4.69) is 0 Å². The Bertz CT molecular complexity index is 149. The maximum Gasteiger partial charge on any atom is 0.0809 e. The molecule has 2 heteroatoms. The van der Waals surface area contributed by atoms with Gasteiger partial charge in [-0.1, -0.05) is 6.08 Å². The van der Waals surface area contributed by atoms with Crippen LogP contribution in [0, 0.1) is 0 Å². The predicted molar refractivity (Wildman–Crippen MR) is 36.8 cm³/mol. The Balaban J connectivity index is 2.55. The van der Waals surface area contributed by atoms with Crippen LogP contribution in [0.3, 0.4) is 0 Å². The van der Waals surface area contributed by atoms with Gasteiger partial charge in [-0.25, -0.2) is 0 Å². The van der Waals surface area contributed by atoms with Gasteiger partial charge in [-0.05, 0) is 18.6 Å². The lowest BCUT2D eigenvalue weighted by molar-refractivity contribution is 0.142. The van der Waals surface area contributed by atoms with Crippen molar-refractivity contribution >= 4 is 0 Å². The zero-order valence-corrected chi connectivity index (χ0v) is 5.50. The highest BCUT2D eigenvalue weighted by molar-refractivity contribution is 5.21. The van der Waals surface area contributed by atoms with Crippen molar-refractivity contribution in [2.24, 2.45) is 5.73 Å². The molecule has 1 atom stereocenters. The SMILES string of the molecule is COC1C=C(N)C=CC1. The Labute approximate surface area is 55.0 Å². The minimum Gasteiger partial charge on any atom is -0.399 e. The fourth-order valence-corrected chi connectivity index (χ4v) is 0.841. The van der Waals surface area contributed by atoms with Gasteiger partial charge >= 0.3 is 0 Å². The van der Waals surface area contributed by atoms with E-state index in [0.29, 0.717) is 0 Å². The molecule has 1 aliphatic carbocycles. The van der Waals surface area contributed by atoms with Crippen molar-refractivity contribution in [3.05, 3.63) is 23.9 Å². The van der Waals surface area contributed by atoms with Gasteiger partial charge in [0.15, 0.2) is 0 Å². The monoisotopic (exact) mass is 125 g/mol. The molecule has 0 aliphatic heterocycles. The average Bonchev–Trinajstić information content (AvgIpc) is 1.88. The molecule has 50 valence electrons. The fraction of sp³-hybridized carbons (Fsp3) is 0.429. The Morgan fingerprint density at radius 2 is 2.56 bits per heavy atom. The summed E-state index contributed by atoms with van der Waals surface area (Å²) in [6.45, 7) is 0. The lowest BCUT2D eigenvalue weighted by atomic mass is 10.1. The number of hydrogen-bond donors (Lipinski definition) is 1. The number of methoxy groups -OCH3 is 1. The number of rotatable bonds is 1. The van der Waals surface area contributed by atoms with Gasteiger partial charge in [0.2, 0.25) is 0 Å². The van der Waals surface area contributed by atoms with E-state index in [1.165, 1.54) is 0 Å². The van der Waals surface area contributed by atoms with Crippen LogP contribution in [0.4, 0.5) is 0 Å². The molecule has 0 bridgehead atoms. The van der Waals surface area contributed by atoms with Gasteiger partial charge in [-0.15, -0.1) is 0 Å². The molecular formula is C7H11NO. The van der Waals surface area contributed by atoms with Gasteiger partial charge < -0.3 is 10.5 Å². The maximum atomic E-state index is 5.50. The molecule has 0 saturated carbocycles. The van der Waals surface area contributed by atoms with E-state index < -0.39 is 0 Å². The Hall–Kier alpha value is -0.760. The summed E-state index contributed by atoms with van der Waals surface area (Å²) in [7, 11) is 1.69. The van der Waals surface area contributed by atoms with E-state index >= 15 is 0 Å². The molecule has 0 heterocycles. The van der Waals surface area contributed by atoms with E-state index in [1.807, 2.05) is 18.2 Å². The average molecular weight is 125 g/mol. The van der Waals surface area contributed by atoms with Crippen molar-refractivity contribution in [2.45, 2.75) is 12.5 Å². The van der Waals surface area contributed by atoms with Crippen LogP contribution >= 0.6 is 0 Å². The molecule has 2 N–H and O–H groups in total. The zero-order valence-electron chi connectivity index (χ0n) is 5.50. The second-order valence-electron chi connectivity index (χ2n) is 2.08. The smallest absolute Gasteiger partial charge is 0.0809 e. The molecule has 0 saturated heterocycles. The van der Waals surface area contributed by atoms with Crippen molar-refractivity contribution in [2.75, 3.05) is 7.11 Å². The van der Waals surface area contributed by atoms with Gasteiger partial charge in [0, 0.05) is 12.8 Å². The van der Waals surface area contributed by atoms with Gasteiger partial charge in [0.05, 0.1) is 6.10 Å². The van der Waals surface area contributed by atoms with Crippen LogP contribution in [-0.2, 0) is 4.74 Å². The summed E-state index contributed by atoms with van der Waals surface area (Å²) >= 11 is 0. The molecule has 0 spiro atoms. The number of ether oxygens (including phenoxy) is 1. The normalized spacial score (nSPS) is 25.9. The highest BCUT2D eigenvalue weighted by atomic mass is 16.5. The number of allylic oxidation sites excluding steroid dienone is 1. The van der Waals surface area contributed by atoms with Crippen LogP contribution in [0.15, 0.2) is 23.9 Å². The molecule has 1 unspecified atom stereocenters. The van der Waals surface area contributed by atoms with E-state index in [-0.39, 0.29) is 6.10 Å². The van der Waals surface area contributed by atoms with E-state index in [4.69, 9.17) is 10.5 Å². The summed E-state index contributed by atoms with van der Waals surface area (Å²) in [5.74, 6) is 0. The molecule has 9 heavy (non-hydrogen) atoms.